The Kier molecular flexibility index (Phi) is 7.07. The Labute approximate surface area is 201 Å². The minimum Gasteiger partial charge on any atom is -0.480 e. The first-order valence-electron chi connectivity index (χ1n) is 12.5. The fourth-order valence-electron chi connectivity index (χ4n) is 5.27. The van der Waals surface area contributed by atoms with E-state index in [1.165, 1.54) is 12.0 Å². The Morgan fingerprint density at radius 3 is 2.94 bits per heavy atom. The molecule has 0 radical (unpaired) electrons. The zero-order chi connectivity index (χ0) is 23.3. The highest BCUT2D eigenvalue weighted by atomic mass is 16.5. The molecule has 178 valence electrons. The first-order chi connectivity index (χ1) is 16.7. The van der Waals surface area contributed by atoms with E-state index in [9.17, 15) is 9.90 Å². The molecule has 6 heteroatoms. The molecule has 1 saturated heterocycles. The summed E-state index contributed by atoms with van der Waals surface area (Å²) in [5.41, 5.74) is 3.32. The average Bonchev–Trinajstić information content (AvgIpc) is 3.32. The number of aliphatic carboxylic acids is 1. The zero-order valence-electron chi connectivity index (χ0n) is 19.6. The van der Waals surface area contributed by atoms with Gasteiger partial charge in [0.2, 0.25) is 0 Å². The third-order valence-electron chi connectivity index (χ3n) is 7.03. The Bertz CT molecular complexity index is 1140. The smallest absolute Gasteiger partial charge is 0.325 e. The van der Waals surface area contributed by atoms with Crippen molar-refractivity contribution in [1.82, 2.24) is 9.88 Å². The molecule has 0 aliphatic carbocycles. The van der Waals surface area contributed by atoms with Crippen molar-refractivity contribution in [3.63, 3.8) is 0 Å². The lowest BCUT2D eigenvalue weighted by Crippen LogP contribution is -2.33. The molecule has 2 atom stereocenters. The van der Waals surface area contributed by atoms with E-state index in [4.69, 9.17) is 9.72 Å². The van der Waals surface area contributed by atoms with Gasteiger partial charge in [-0.2, -0.15) is 0 Å². The number of hydrogen-bond acceptors (Lipinski definition) is 5. The van der Waals surface area contributed by atoms with Gasteiger partial charge in [0.1, 0.15) is 11.9 Å². The lowest BCUT2D eigenvalue weighted by atomic mass is 9.98. The Morgan fingerprint density at radius 1 is 1.15 bits per heavy atom. The maximum Gasteiger partial charge on any atom is 0.325 e. The number of anilines is 1. The van der Waals surface area contributed by atoms with Crippen LogP contribution in [0.25, 0.3) is 10.8 Å². The van der Waals surface area contributed by atoms with Crippen molar-refractivity contribution < 1.29 is 14.6 Å². The first-order valence-corrected chi connectivity index (χ1v) is 12.5. The van der Waals surface area contributed by atoms with Gasteiger partial charge < -0.3 is 15.2 Å². The van der Waals surface area contributed by atoms with Crippen molar-refractivity contribution in [3.05, 3.63) is 71.4 Å². The van der Waals surface area contributed by atoms with Gasteiger partial charge in [-0.15, -0.1) is 0 Å². The third-order valence-corrected chi connectivity index (χ3v) is 7.03. The van der Waals surface area contributed by atoms with Crippen LogP contribution in [0.1, 0.15) is 48.5 Å². The maximum absolute atomic E-state index is 12.3. The highest BCUT2D eigenvalue weighted by molar-refractivity contribution is 5.90. The molecule has 5 rings (SSSR count). The lowest BCUT2D eigenvalue weighted by Gasteiger charge is -2.25. The standard InChI is InChI=1S/C28H33N3O3/c32-28(33)26(25-12-5-8-20-7-1-2-11-24(20)25)31-17-15-23(19-31)34-18-4-3-10-22-14-13-21-9-6-16-29-27(21)30-22/h1-2,5,7-8,11-14,23,26H,3-4,6,9-10,15-19H2,(H,29,30)(H,32,33)/t23-,26?/m1/s1. The number of nitrogens with zero attached hydrogens (tertiary/aromatic N) is 2. The number of fused-ring (bicyclic) bond motifs is 2. The number of aromatic nitrogens is 1. The van der Waals surface area contributed by atoms with Gasteiger partial charge in [-0.1, -0.05) is 48.5 Å². The molecule has 1 aromatic heterocycles. The second-order valence-electron chi connectivity index (χ2n) is 9.38. The highest BCUT2D eigenvalue weighted by Crippen LogP contribution is 2.31. The summed E-state index contributed by atoms with van der Waals surface area (Å²) < 4.78 is 6.15. The number of likely N-dealkylation sites (tertiary alicyclic amines) is 1. The van der Waals surface area contributed by atoms with Gasteiger partial charge in [0.15, 0.2) is 0 Å². The summed E-state index contributed by atoms with van der Waals surface area (Å²) in [7, 11) is 0. The molecule has 34 heavy (non-hydrogen) atoms. The van der Waals surface area contributed by atoms with E-state index in [1.54, 1.807) is 0 Å². The molecule has 2 N–H and O–H groups in total. The Hall–Kier alpha value is -2.96. The summed E-state index contributed by atoms with van der Waals surface area (Å²) in [6, 6.07) is 17.6. The monoisotopic (exact) mass is 459 g/mol. The fraction of sp³-hybridized carbons (Fsp3) is 0.429. The Balaban J connectivity index is 1.12. The van der Waals surface area contributed by atoms with Gasteiger partial charge in [-0.3, -0.25) is 9.69 Å². The van der Waals surface area contributed by atoms with Crippen molar-refractivity contribution in [2.24, 2.45) is 0 Å². The zero-order valence-corrected chi connectivity index (χ0v) is 19.6. The molecule has 0 saturated carbocycles. The number of rotatable bonds is 9. The molecular weight excluding hydrogens is 426 g/mol. The second kappa shape index (κ2) is 10.5. The van der Waals surface area contributed by atoms with Crippen molar-refractivity contribution in [2.75, 3.05) is 31.6 Å². The fourth-order valence-corrected chi connectivity index (χ4v) is 5.27. The van der Waals surface area contributed by atoms with Crippen LogP contribution in [0.4, 0.5) is 5.82 Å². The van der Waals surface area contributed by atoms with E-state index in [1.807, 2.05) is 42.5 Å². The minimum absolute atomic E-state index is 0.0860. The quantitative estimate of drug-likeness (QED) is 0.447. The molecule has 2 aliphatic heterocycles. The predicted molar refractivity (Wildman–Crippen MR) is 134 cm³/mol. The number of nitrogens with one attached hydrogen (secondary N) is 1. The van der Waals surface area contributed by atoms with Crippen molar-refractivity contribution in [1.29, 1.82) is 0 Å². The second-order valence-corrected chi connectivity index (χ2v) is 9.38. The summed E-state index contributed by atoms with van der Waals surface area (Å²) in [6.07, 6.45) is 6.22. The Morgan fingerprint density at radius 2 is 2.03 bits per heavy atom. The molecule has 0 spiro atoms. The number of pyridine rings is 1. The van der Waals surface area contributed by atoms with Crippen LogP contribution in [0.2, 0.25) is 0 Å². The number of unbranched alkanes of at least 4 members (excludes halogenated alkanes) is 1. The average molecular weight is 460 g/mol. The van der Waals surface area contributed by atoms with Crippen LogP contribution in [-0.4, -0.2) is 53.3 Å². The number of ether oxygens (including phenoxy) is 1. The van der Waals surface area contributed by atoms with E-state index >= 15 is 0 Å². The van der Waals surface area contributed by atoms with Crippen LogP contribution in [0.15, 0.2) is 54.6 Å². The van der Waals surface area contributed by atoms with Gasteiger partial charge in [0.25, 0.3) is 0 Å². The summed E-state index contributed by atoms with van der Waals surface area (Å²) in [5, 5.41) is 15.5. The van der Waals surface area contributed by atoms with E-state index in [-0.39, 0.29) is 6.10 Å². The van der Waals surface area contributed by atoms with Crippen molar-refractivity contribution in [3.8, 4) is 0 Å². The molecule has 1 fully saturated rings. The summed E-state index contributed by atoms with van der Waals surface area (Å²) in [6.45, 7) is 3.10. The molecule has 0 bridgehead atoms. The molecule has 3 aromatic rings. The molecular formula is C28H33N3O3. The number of carbonyl (C=O) groups is 1. The number of aryl methyl sites for hydroxylation is 2. The van der Waals surface area contributed by atoms with E-state index in [0.29, 0.717) is 13.2 Å². The van der Waals surface area contributed by atoms with E-state index in [2.05, 4.69) is 22.3 Å². The molecule has 2 aromatic carbocycles. The summed E-state index contributed by atoms with van der Waals surface area (Å²) in [5.74, 6) is 0.259. The van der Waals surface area contributed by atoms with Crippen LogP contribution < -0.4 is 5.32 Å². The van der Waals surface area contributed by atoms with Crippen LogP contribution in [-0.2, 0) is 22.4 Å². The van der Waals surface area contributed by atoms with E-state index < -0.39 is 12.0 Å². The number of carboxylic acid groups (broad SMARTS) is 1. The van der Waals surface area contributed by atoms with Crippen LogP contribution in [0.5, 0.6) is 0 Å². The summed E-state index contributed by atoms with van der Waals surface area (Å²) in [4.78, 5) is 19.1. The third kappa shape index (κ3) is 5.08. The predicted octanol–water partition coefficient (Wildman–Crippen LogP) is 4.83. The van der Waals surface area contributed by atoms with Crippen LogP contribution >= 0.6 is 0 Å². The van der Waals surface area contributed by atoms with E-state index in [0.717, 1.165) is 73.0 Å². The normalized spacial score (nSPS) is 19.0. The first kappa shape index (κ1) is 22.8. The van der Waals surface area contributed by atoms with Gasteiger partial charge in [0, 0.05) is 31.9 Å². The van der Waals surface area contributed by atoms with Crippen LogP contribution in [0.3, 0.4) is 0 Å². The SMILES string of the molecule is O=C(O)C(c1cccc2ccccc12)N1CC[C@@H](OCCCCc2ccc3c(n2)NCCC3)C1. The maximum atomic E-state index is 12.3. The topological polar surface area (TPSA) is 74.7 Å². The number of carboxylic acids is 1. The largest absolute Gasteiger partial charge is 0.480 e. The number of hydrogen-bond donors (Lipinski definition) is 2. The number of benzene rings is 2. The van der Waals surface area contributed by atoms with Crippen LogP contribution in [0, 0.1) is 0 Å². The molecule has 0 amide bonds. The minimum atomic E-state index is -0.802. The van der Waals surface area contributed by atoms with Crippen molar-refractivity contribution >= 4 is 22.6 Å². The van der Waals surface area contributed by atoms with Crippen molar-refractivity contribution in [2.45, 2.75) is 50.7 Å². The summed E-state index contributed by atoms with van der Waals surface area (Å²) >= 11 is 0. The highest BCUT2D eigenvalue weighted by Gasteiger charge is 2.34. The molecule has 2 aliphatic rings. The lowest BCUT2D eigenvalue weighted by molar-refractivity contribution is -0.143. The van der Waals surface area contributed by atoms with Gasteiger partial charge in [-0.05, 0) is 66.5 Å². The molecule has 3 heterocycles. The molecule has 6 nitrogen and oxygen atoms in total. The van der Waals surface area contributed by atoms with Gasteiger partial charge >= 0.3 is 5.97 Å². The van der Waals surface area contributed by atoms with Gasteiger partial charge in [-0.25, -0.2) is 4.98 Å². The van der Waals surface area contributed by atoms with Gasteiger partial charge in [0.05, 0.1) is 6.10 Å². The molecule has 1 unspecified atom stereocenters.